The van der Waals surface area contributed by atoms with Crippen molar-refractivity contribution in [1.82, 2.24) is 30.8 Å². The summed E-state index contributed by atoms with van der Waals surface area (Å²) >= 11 is 0. The minimum atomic E-state index is -0.804. The molecule has 3 N–H and O–H groups in total. The molecule has 3 aliphatic rings. The molecule has 51 heavy (non-hydrogen) atoms. The lowest BCUT2D eigenvalue weighted by Gasteiger charge is -2.37. The molecule has 0 aromatic carbocycles. The first-order valence-electron chi connectivity index (χ1n) is 19.3. The number of carbonyl (C=O) groups is 6. The molecule has 0 bridgehead atoms. The molecule has 2 saturated carbocycles. The van der Waals surface area contributed by atoms with E-state index < -0.39 is 47.1 Å². The Bertz CT molecular complexity index is 1390. The average molecular weight is 709 g/mol. The molecule has 12 heteroatoms. The number of rotatable bonds is 17. The van der Waals surface area contributed by atoms with Crippen LogP contribution in [0, 0.1) is 29.1 Å². The smallest absolute Gasteiger partial charge is 0.289 e. The highest BCUT2D eigenvalue weighted by Crippen LogP contribution is 2.44. The molecule has 1 saturated heterocycles. The lowest BCUT2D eigenvalue weighted by atomic mass is 9.74. The monoisotopic (exact) mass is 708 g/mol. The van der Waals surface area contributed by atoms with Crippen LogP contribution >= 0.6 is 0 Å². The Hall–Kier alpha value is -3.54. The van der Waals surface area contributed by atoms with Crippen LogP contribution in [0.25, 0.3) is 0 Å². The summed E-state index contributed by atoms with van der Waals surface area (Å²) in [5.74, 6) is -2.86. The van der Waals surface area contributed by atoms with E-state index in [1.807, 2.05) is 41.5 Å². The van der Waals surface area contributed by atoms with Gasteiger partial charge in [-0.3, -0.25) is 33.8 Å². The van der Waals surface area contributed by atoms with Crippen molar-refractivity contribution in [3.8, 4) is 0 Å². The molecular weight excluding hydrogens is 648 g/mol. The zero-order chi connectivity index (χ0) is 37.3. The number of ketones is 3. The van der Waals surface area contributed by atoms with Gasteiger partial charge in [-0.15, -0.1) is 0 Å². The van der Waals surface area contributed by atoms with Crippen molar-refractivity contribution in [3.63, 3.8) is 0 Å². The molecule has 7 atom stereocenters. The summed E-state index contributed by atoms with van der Waals surface area (Å²) < 4.78 is 0. The van der Waals surface area contributed by atoms with Crippen LogP contribution in [0.5, 0.6) is 0 Å². The maximum absolute atomic E-state index is 14.7. The zero-order valence-corrected chi connectivity index (χ0v) is 31.5. The number of fused-ring (bicyclic) bond motifs is 1. The molecule has 3 fully saturated rings. The van der Waals surface area contributed by atoms with Gasteiger partial charge in [-0.05, 0) is 68.6 Å². The molecule has 2 aliphatic carbocycles. The topological polar surface area (TPSA) is 168 Å². The average Bonchev–Trinajstić information content (AvgIpc) is 3.72. The lowest BCUT2D eigenvalue weighted by molar-refractivity contribution is -0.146. The number of carbonyl (C=O) groups excluding carboxylic acids is 6. The Morgan fingerprint density at radius 2 is 1.67 bits per heavy atom. The van der Waals surface area contributed by atoms with Gasteiger partial charge in [0.05, 0.1) is 30.9 Å². The highest BCUT2D eigenvalue weighted by molar-refractivity contribution is 6.38. The Morgan fingerprint density at radius 1 is 0.941 bits per heavy atom. The third kappa shape index (κ3) is 10.3. The van der Waals surface area contributed by atoms with Crippen molar-refractivity contribution < 1.29 is 28.8 Å². The van der Waals surface area contributed by atoms with E-state index in [4.69, 9.17) is 0 Å². The number of nitrogens with zero attached hydrogens (tertiary/aromatic N) is 3. The van der Waals surface area contributed by atoms with Crippen molar-refractivity contribution in [2.75, 3.05) is 13.1 Å². The predicted octanol–water partition coefficient (Wildman–Crippen LogP) is 4.22. The van der Waals surface area contributed by atoms with Crippen LogP contribution in [0.1, 0.15) is 129 Å². The fourth-order valence-electron chi connectivity index (χ4n) is 8.30. The van der Waals surface area contributed by atoms with Gasteiger partial charge in [0.15, 0.2) is 11.6 Å². The van der Waals surface area contributed by atoms with E-state index in [0.717, 1.165) is 51.4 Å². The van der Waals surface area contributed by atoms with Gasteiger partial charge in [0.2, 0.25) is 11.7 Å². The molecule has 12 nitrogen and oxygen atoms in total. The number of hydrogen-bond donors (Lipinski definition) is 3. The van der Waals surface area contributed by atoms with Gasteiger partial charge in [-0.25, -0.2) is 4.98 Å². The largest absolute Gasteiger partial charge is 0.347 e. The number of likely N-dealkylation sites (tertiary alicyclic amines) is 1. The van der Waals surface area contributed by atoms with E-state index >= 15 is 0 Å². The molecule has 0 radical (unpaired) electrons. The van der Waals surface area contributed by atoms with E-state index in [2.05, 4.69) is 25.9 Å². The van der Waals surface area contributed by atoms with Crippen LogP contribution in [-0.2, 0) is 24.0 Å². The minimum absolute atomic E-state index is 0.00913. The summed E-state index contributed by atoms with van der Waals surface area (Å²) in [6, 6.07) is -2.38. The van der Waals surface area contributed by atoms with Crippen molar-refractivity contribution in [2.24, 2.45) is 29.1 Å². The Morgan fingerprint density at radius 3 is 2.29 bits per heavy atom. The first kappa shape index (κ1) is 40.2. The first-order valence-corrected chi connectivity index (χ1v) is 19.3. The predicted molar refractivity (Wildman–Crippen MR) is 193 cm³/mol. The van der Waals surface area contributed by atoms with Crippen LogP contribution in [-0.4, -0.2) is 87.2 Å². The molecule has 282 valence electrons. The summed E-state index contributed by atoms with van der Waals surface area (Å²) in [6.07, 6.45) is 13.4. The third-order valence-electron chi connectivity index (χ3n) is 11.4. The van der Waals surface area contributed by atoms with Crippen molar-refractivity contribution in [2.45, 2.75) is 143 Å². The van der Waals surface area contributed by atoms with Gasteiger partial charge in [-0.1, -0.05) is 66.7 Å². The van der Waals surface area contributed by atoms with E-state index in [-0.39, 0.29) is 59.9 Å². The number of aromatic nitrogens is 2. The SMILES string of the molecule is CCC[C@H](NCC(=O)[C@@H]1[C@H]2CCC[C@H]2CN1C(=O)[C@@H](CC(=O)[C@@H](NC(=O)c1cnccn1)C1CCCCC1)C(C)(C)C)C(=O)C(=O)N[C@@H](C)CC. The Labute approximate surface area is 303 Å². The number of hydrogen-bond acceptors (Lipinski definition) is 9. The Balaban J connectivity index is 1.53. The second kappa shape index (κ2) is 18.3. The second-order valence-electron chi connectivity index (χ2n) is 16.2. The quantitative estimate of drug-likeness (QED) is 0.201. The van der Waals surface area contributed by atoms with Crippen molar-refractivity contribution >= 4 is 35.1 Å². The van der Waals surface area contributed by atoms with Gasteiger partial charge in [0.25, 0.3) is 11.8 Å². The summed E-state index contributed by atoms with van der Waals surface area (Å²) in [6.45, 7) is 11.8. The third-order valence-corrected chi connectivity index (χ3v) is 11.4. The highest BCUT2D eigenvalue weighted by Gasteiger charge is 2.51. The minimum Gasteiger partial charge on any atom is -0.347 e. The molecule has 4 rings (SSSR count). The fourth-order valence-corrected chi connectivity index (χ4v) is 8.30. The molecular formula is C39H60N6O6. The number of nitrogens with one attached hydrogen (secondary N) is 3. The summed E-state index contributed by atoms with van der Waals surface area (Å²) in [5, 5.41) is 8.77. The molecule has 1 aromatic rings. The molecule has 1 aliphatic heterocycles. The maximum Gasteiger partial charge on any atom is 0.289 e. The van der Waals surface area contributed by atoms with Crippen LogP contribution in [0.4, 0.5) is 0 Å². The highest BCUT2D eigenvalue weighted by atomic mass is 16.2. The van der Waals surface area contributed by atoms with Crippen molar-refractivity contribution in [1.29, 1.82) is 0 Å². The standard InChI is InChI=1S/C39H60N6O6/c1-7-13-29(35(48)37(50)43-24(3)8-2)42-22-32(47)34-27-17-12-16-26(27)23-45(34)38(51)28(39(4,5)6)20-31(46)33(25-14-10-9-11-15-25)44-36(49)30-21-40-18-19-41-30/h18-19,21,24-29,33-34,42H,7-17,20,22-23H2,1-6H3,(H,43,50)(H,44,49)/t24-,26-,27-,28+,29-,33-,34-/m0/s1. The van der Waals surface area contributed by atoms with E-state index in [1.165, 1.54) is 18.6 Å². The summed E-state index contributed by atoms with van der Waals surface area (Å²) in [7, 11) is 0. The van der Waals surface area contributed by atoms with E-state index in [0.29, 0.717) is 25.8 Å². The molecule has 1 aromatic heterocycles. The van der Waals surface area contributed by atoms with Crippen LogP contribution in [0.15, 0.2) is 18.6 Å². The lowest BCUT2D eigenvalue weighted by Crippen LogP contribution is -2.54. The second-order valence-corrected chi connectivity index (χ2v) is 16.2. The van der Waals surface area contributed by atoms with E-state index in [1.54, 1.807) is 4.90 Å². The molecule has 2 heterocycles. The van der Waals surface area contributed by atoms with Gasteiger partial charge >= 0.3 is 0 Å². The molecule has 3 amide bonds. The van der Waals surface area contributed by atoms with Crippen LogP contribution in [0.2, 0.25) is 0 Å². The normalized spacial score (nSPS) is 23.1. The van der Waals surface area contributed by atoms with Gasteiger partial charge in [0, 0.05) is 37.3 Å². The van der Waals surface area contributed by atoms with Gasteiger partial charge < -0.3 is 20.9 Å². The summed E-state index contributed by atoms with van der Waals surface area (Å²) in [5.41, 5.74) is -0.476. The van der Waals surface area contributed by atoms with Gasteiger partial charge in [0.1, 0.15) is 5.69 Å². The number of Topliss-reactive ketones (excluding diaryl/α,β-unsaturated/α-hetero) is 3. The van der Waals surface area contributed by atoms with Crippen molar-refractivity contribution in [3.05, 3.63) is 24.3 Å². The fraction of sp³-hybridized carbons (Fsp3) is 0.744. The van der Waals surface area contributed by atoms with E-state index in [9.17, 15) is 28.8 Å². The maximum atomic E-state index is 14.7. The van der Waals surface area contributed by atoms with Crippen LogP contribution in [0.3, 0.4) is 0 Å². The summed E-state index contributed by atoms with van der Waals surface area (Å²) in [4.78, 5) is 91.8. The zero-order valence-electron chi connectivity index (χ0n) is 31.5. The molecule has 0 spiro atoms. The van der Waals surface area contributed by atoms with Gasteiger partial charge in [-0.2, -0.15) is 0 Å². The number of amides is 3. The Kier molecular flexibility index (Phi) is 14.4. The molecule has 0 unspecified atom stereocenters. The first-order chi connectivity index (χ1) is 24.3. The van der Waals surface area contributed by atoms with Crippen LogP contribution < -0.4 is 16.0 Å².